The highest BCUT2D eigenvalue weighted by Crippen LogP contribution is 2.41. The van der Waals surface area contributed by atoms with E-state index in [1.807, 2.05) is 19.1 Å². The number of anilines is 1. The molecule has 0 saturated heterocycles. The highest BCUT2D eigenvalue weighted by atomic mass is 16.5. The number of hydrogen-bond acceptors (Lipinski definition) is 5. The first kappa shape index (κ1) is 11.3. The van der Waals surface area contributed by atoms with Crippen LogP contribution < -0.4 is 15.2 Å². The SMILES string of the molecule is COc1cc(C)cc(OC)c1-c1oncc1N. The Bertz CT molecular complexity index is 509. The van der Waals surface area contributed by atoms with E-state index in [0.29, 0.717) is 28.5 Å². The maximum atomic E-state index is 5.79. The third kappa shape index (κ3) is 1.91. The van der Waals surface area contributed by atoms with Crippen LogP contribution in [0.25, 0.3) is 11.3 Å². The third-order valence-electron chi connectivity index (χ3n) is 2.48. The van der Waals surface area contributed by atoms with Gasteiger partial charge in [-0.2, -0.15) is 0 Å². The van der Waals surface area contributed by atoms with E-state index in [-0.39, 0.29) is 0 Å². The topological polar surface area (TPSA) is 70.5 Å². The summed E-state index contributed by atoms with van der Waals surface area (Å²) in [5.41, 5.74) is 7.94. The monoisotopic (exact) mass is 234 g/mol. The zero-order valence-electron chi connectivity index (χ0n) is 9.98. The normalized spacial score (nSPS) is 10.3. The average molecular weight is 234 g/mol. The summed E-state index contributed by atoms with van der Waals surface area (Å²) in [5.74, 6) is 1.74. The van der Waals surface area contributed by atoms with Crippen molar-refractivity contribution in [1.29, 1.82) is 0 Å². The van der Waals surface area contributed by atoms with Crippen LogP contribution in [0.4, 0.5) is 5.69 Å². The standard InChI is InChI=1S/C12H14N2O3/c1-7-4-9(15-2)11(10(5-7)16-3)12-8(13)6-14-17-12/h4-6H,13H2,1-3H3. The molecule has 17 heavy (non-hydrogen) atoms. The molecule has 0 aliphatic carbocycles. The molecule has 0 amide bonds. The highest BCUT2D eigenvalue weighted by molar-refractivity contribution is 5.80. The number of nitrogens with zero attached hydrogens (tertiary/aromatic N) is 1. The number of ether oxygens (including phenoxy) is 2. The molecule has 90 valence electrons. The molecule has 0 aliphatic heterocycles. The summed E-state index contributed by atoms with van der Waals surface area (Å²) in [5, 5.41) is 3.66. The average Bonchev–Trinajstić information content (AvgIpc) is 2.74. The van der Waals surface area contributed by atoms with Crippen molar-refractivity contribution >= 4 is 5.69 Å². The molecule has 0 aliphatic rings. The number of nitrogens with two attached hydrogens (primary N) is 1. The summed E-state index contributed by atoms with van der Waals surface area (Å²) in [6, 6.07) is 3.78. The van der Waals surface area contributed by atoms with Gasteiger partial charge in [-0.05, 0) is 24.6 Å². The minimum atomic E-state index is 0.449. The molecule has 2 N–H and O–H groups in total. The Morgan fingerprint density at radius 1 is 1.18 bits per heavy atom. The third-order valence-corrected chi connectivity index (χ3v) is 2.48. The van der Waals surface area contributed by atoms with E-state index in [2.05, 4.69) is 5.16 Å². The zero-order chi connectivity index (χ0) is 12.4. The van der Waals surface area contributed by atoms with Crippen molar-refractivity contribution in [2.75, 3.05) is 20.0 Å². The minimum Gasteiger partial charge on any atom is -0.496 e. The smallest absolute Gasteiger partial charge is 0.197 e. The number of aromatic nitrogens is 1. The molecule has 0 unspecified atom stereocenters. The fraction of sp³-hybridized carbons (Fsp3) is 0.250. The Balaban J connectivity index is 2.70. The predicted octanol–water partition coefficient (Wildman–Crippen LogP) is 2.25. The lowest BCUT2D eigenvalue weighted by Gasteiger charge is -2.12. The van der Waals surface area contributed by atoms with Gasteiger partial charge >= 0.3 is 0 Å². The fourth-order valence-electron chi connectivity index (χ4n) is 1.70. The maximum absolute atomic E-state index is 5.79. The Hall–Kier alpha value is -2.17. The van der Waals surface area contributed by atoms with Crippen molar-refractivity contribution in [2.45, 2.75) is 6.92 Å². The van der Waals surface area contributed by atoms with Gasteiger partial charge < -0.3 is 19.7 Å². The van der Waals surface area contributed by atoms with Gasteiger partial charge in [0.25, 0.3) is 0 Å². The van der Waals surface area contributed by atoms with Gasteiger partial charge in [-0.25, -0.2) is 0 Å². The van der Waals surface area contributed by atoms with Gasteiger partial charge in [-0.1, -0.05) is 5.16 Å². The summed E-state index contributed by atoms with van der Waals surface area (Å²) < 4.78 is 15.8. The van der Waals surface area contributed by atoms with Gasteiger partial charge in [0, 0.05) is 0 Å². The van der Waals surface area contributed by atoms with Crippen LogP contribution in [0.3, 0.4) is 0 Å². The van der Waals surface area contributed by atoms with E-state index >= 15 is 0 Å². The second kappa shape index (κ2) is 4.37. The van der Waals surface area contributed by atoms with Crippen molar-refractivity contribution in [3.05, 3.63) is 23.9 Å². The van der Waals surface area contributed by atoms with Crippen LogP contribution in [0.5, 0.6) is 11.5 Å². The summed E-state index contributed by atoms with van der Waals surface area (Å²) >= 11 is 0. The number of benzene rings is 1. The lowest BCUT2D eigenvalue weighted by molar-refractivity contribution is 0.386. The second-order valence-corrected chi connectivity index (χ2v) is 3.65. The molecule has 1 heterocycles. The number of methoxy groups -OCH3 is 2. The van der Waals surface area contributed by atoms with Gasteiger partial charge in [0.1, 0.15) is 22.7 Å². The van der Waals surface area contributed by atoms with Crippen LogP contribution in [0.2, 0.25) is 0 Å². The molecule has 2 rings (SSSR count). The van der Waals surface area contributed by atoms with Crippen molar-refractivity contribution < 1.29 is 14.0 Å². The number of hydrogen-bond donors (Lipinski definition) is 1. The van der Waals surface area contributed by atoms with Crippen molar-refractivity contribution in [3.8, 4) is 22.8 Å². The molecule has 0 spiro atoms. The summed E-state index contributed by atoms with van der Waals surface area (Å²) in [6.45, 7) is 1.96. The Morgan fingerprint density at radius 2 is 1.76 bits per heavy atom. The largest absolute Gasteiger partial charge is 0.496 e. The first-order valence-corrected chi connectivity index (χ1v) is 5.10. The Labute approximate surface area is 99.1 Å². The molecule has 1 aromatic heterocycles. The lowest BCUT2D eigenvalue weighted by Crippen LogP contribution is -1.95. The molecular formula is C12H14N2O3. The van der Waals surface area contributed by atoms with Crippen molar-refractivity contribution in [2.24, 2.45) is 0 Å². The molecule has 0 radical (unpaired) electrons. The number of nitrogen functional groups attached to an aromatic ring is 1. The summed E-state index contributed by atoms with van der Waals surface area (Å²) in [6.07, 6.45) is 1.45. The van der Waals surface area contributed by atoms with Gasteiger partial charge in [-0.15, -0.1) is 0 Å². The maximum Gasteiger partial charge on any atom is 0.197 e. The zero-order valence-corrected chi connectivity index (χ0v) is 9.98. The van der Waals surface area contributed by atoms with E-state index in [0.717, 1.165) is 5.56 Å². The van der Waals surface area contributed by atoms with Crippen LogP contribution in [-0.4, -0.2) is 19.4 Å². The molecule has 0 atom stereocenters. The summed E-state index contributed by atoms with van der Waals surface area (Å²) in [4.78, 5) is 0. The molecule has 5 nitrogen and oxygen atoms in total. The molecule has 1 aromatic carbocycles. The van der Waals surface area contributed by atoms with E-state index in [9.17, 15) is 0 Å². The van der Waals surface area contributed by atoms with Gasteiger partial charge in [0.15, 0.2) is 5.76 Å². The molecular weight excluding hydrogens is 220 g/mol. The van der Waals surface area contributed by atoms with Crippen molar-refractivity contribution in [3.63, 3.8) is 0 Å². The Morgan fingerprint density at radius 3 is 2.18 bits per heavy atom. The van der Waals surface area contributed by atoms with Crippen molar-refractivity contribution in [1.82, 2.24) is 5.16 Å². The van der Waals surface area contributed by atoms with Crippen LogP contribution in [-0.2, 0) is 0 Å². The number of rotatable bonds is 3. The number of aryl methyl sites for hydroxylation is 1. The minimum absolute atomic E-state index is 0.449. The van der Waals surface area contributed by atoms with Crippen LogP contribution in [0, 0.1) is 6.92 Å². The Kier molecular flexibility index (Phi) is 2.91. The van der Waals surface area contributed by atoms with Gasteiger partial charge in [-0.3, -0.25) is 0 Å². The van der Waals surface area contributed by atoms with Crippen LogP contribution in [0.1, 0.15) is 5.56 Å². The van der Waals surface area contributed by atoms with E-state index in [1.165, 1.54) is 6.20 Å². The van der Waals surface area contributed by atoms with Crippen LogP contribution in [0.15, 0.2) is 22.9 Å². The molecule has 2 aromatic rings. The molecule has 0 fully saturated rings. The lowest BCUT2D eigenvalue weighted by atomic mass is 10.1. The summed E-state index contributed by atoms with van der Waals surface area (Å²) in [7, 11) is 3.18. The van der Waals surface area contributed by atoms with E-state index in [1.54, 1.807) is 14.2 Å². The van der Waals surface area contributed by atoms with E-state index < -0.39 is 0 Å². The first-order chi connectivity index (χ1) is 8.17. The molecule has 5 heteroatoms. The van der Waals surface area contributed by atoms with Crippen LogP contribution >= 0.6 is 0 Å². The highest BCUT2D eigenvalue weighted by Gasteiger charge is 2.19. The molecule has 0 saturated carbocycles. The van der Waals surface area contributed by atoms with E-state index in [4.69, 9.17) is 19.7 Å². The molecule has 0 bridgehead atoms. The first-order valence-electron chi connectivity index (χ1n) is 5.10. The fourth-order valence-corrected chi connectivity index (χ4v) is 1.70. The quantitative estimate of drug-likeness (QED) is 0.881. The van der Waals surface area contributed by atoms with Gasteiger partial charge in [0.2, 0.25) is 0 Å². The predicted molar refractivity (Wildman–Crippen MR) is 64.2 cm³/mol. The van der Waals surface area contributed by atoms with Gasteiger partial charge in [0.05, 0.1) is 20.4 Å². The second-order valence-electron chi connectivity index (χ2n) is 3.65.